The molecule has 2 aromatic carbocycles. The summed E-state index contributed by atoms with van der Waals surface area (Å²) in [5.74, 6) is 0. The zero-order valence-corrected chi connectivity index (χ0v) is 22.4. The molecule has 0 saturated carbocycles. The molecule has 7 nitrogen and oxygen atoms in total. The number of benzene rings is 2. The standard InChI is InChI=1S/C27H29F3N6OS/c1-25(2)17-34(22-10-7-19(14-31)23(13-22)27(28,29)30)24(38)35(25)15-18-5-8-21(9-6-18)36-16-20(32-33-36)11-12-26(3,4)37/h5-10,13,16,37H,11-12,15,17H2,1-4H3. The molecule has 1 saturated heterocycles. The molecule has 0 radical (unpaired) electrons. The van der Waals surface area contributed by atoms with Gasteiger partial charge in [0, 0.05) is 18.8 Å². The number of halogens is 3. The first-order valence-electron chi connectivity index (χ1n) is 12.1. The second-order valence-corrected chi connectivity index (χ2v) is 11.1. The van der Waals surface area contributed by atoms with Gasteiger partial charge in [-0.15, -0.1) is 5.10 Å². The number of rotatable bonds is 7. The lowest BCUT2D eigenvalue weighted by atomic mass is 10.0. The van der Waals surface area contributed by atoms with Gasteiger partial charge in [-0.3, -0.25) is 0 Å². The molecule has 11 heteroatoms. The molecule has 1 N–H and O–H groups in total. The van der Waals surface area contributed by atoms with Crippen LogP contribution in [0.3, 0.4) is 0 Å². The zero-order chi connectivity index (χ0) is 27.9. The van der Waals surface area contributed by atoms with Crippen molar-refractivity contribution in [1.29, 1.82) is 5.26 Å². The Morgan fingerprint density at radius 2 is 1.76 bits per heavy atom. The molecule has 1 aromatic heterocycles. The summed E-state index contributed by atoms with van der Waals surface area (Å²) in [5.41, 5.74) is 0.301. The van der Waals surface area contributed by atoms with Crippen LogP contribution in [0.2, 0.25) is 0 Å². The number of thiocarbonyl (C=S) groups is 1. The molecule has 0 amide bonds. The third kappa shape index (κ3) is 5.97. The summed E-state index contributed by atoms with van der Waals surface area (Å²) in [6.07, 6.45) is -1.61. The highest BCUT2D eigenvalue weighted by atomic mass is 32.1. The molecule has 0 spiro atoms. The first kappa shape index (κ1) is 27.5. The van der Waals surface area contributed by atoms with Crippen molar-refractivity contribution in [2.45, 2.75) is 64.4 Å². The second kappa shape index (κ2) is 10.0. The average Bonchev–Trinajstić information content (AvgIpc) is 3.40. The summed E-state index contributed by atoms with van der Waals surface area (Å²) in [5, 5.41) is 27.8. The first-order valence-corrected chi connectivity index (χ1v) is 12.5. The van der Waals surface area contributed by atoms with Crippen molar-refractivity contribution in [3.63, 3.8) is 0 Å². The lowest BCUT2D eigenvalue weighted by molar-refractivity contribution is -0.137. The monoisotopic (exact) mass is 542 g/mol. The molecule has 0 bridgehead atoms. The lowest BCUT2D eigenvalue weighted by Gasteiger charge is -2.31. The highest BCUT2D eigenvalue weighted by Crippen LogP contribution is 2.37. The molecule has 0 aliphatic carbocycles. The number of alkyl halides is 3. The van der Waals surface area contributed by atoms with Gasteiger partial charge < -0.3 is 14.9 Å². The van der Waals surface area contributed by atoms with Gasteiger partial charge in [-0.2, -0.15) is 18.4 Å². The van der Waals surface area contributed by atoms with E-state index >= 15 is 0 Å². The van der Waals surface area contributed by atoms with Crippen LogP contribution in [0.5, 0.6) is 0 Å². The number of hydrogen-bond acceptors (Lipinski definition) is 5. The summed E-state index contributed by atoms with van der Waals surface area (Å²) >= 11 is 5.71. The van der Waals surface area contributed by atoms with Crippen LogP contribution in [0.25, 0.3) is 5.69 Å². The van der Waals surface area contributed by atoms with Gasteiger partial charge in [0.2, 0.25) is 0 Å². The molecule has 0 atom stereocenters. The van der Waals surface area contributed by atoms with Crippen molar-refractivity contribution in [2.24, 2.45) is 0 Å². The van der Waals surface area contributed by atoms with Gasteiger partial charge in [0.15, 0.2) is 5.11 Å². The predicted molar refractivity (Wildman–Crippen MR) is 142 cm³/mol. The van der Waals surface area contributed by atoms with Crippen molar-refractivity contribution in [3.8, 4) is 11.8 Å². The van der Waals surface area contributed by atoms with Crippen LogP contribution in [-0.4, -0.2) is 47.8 Å². The van der Waals surface area contributed by atoms with Crippen LogP contribution in [0.1, 0.15) is 56.5 Å². The first-order chi connectivity index (χ1) is 17.7. The Labute approximate surface area is 225 Å². The fraction of sp³-hybridized carbons (Fsp3) is 0.407. The topological polar surface area (TPSA) is 81.2 Å². The van der Waals surface area contributed by atoms with Crippen LogP contribution in [0, 0.1) is 11.3 Å². The van der Waals surface area contributed by atoms with E-state index in [1.54, 1.807) is 29.5 Å². The van der Waals surface area contributed by atoms with Crippen molar-refractivity contribution in [3.05, 3.63) is 71.0 Å². The van der Waals surface area contributed by atoms with Crippen molar-refractivity contribution < 1.29 is 18.3 Å². The summed E-state index contributed by atoms with van der Waals surface area (Å²) in [6, 6.07) is 13.1. The SMILES string of the molecule is CC(C)(O)CCc1cn(-c2ccc(CN3C(=S)N(c4ccc(C#N)c(C(F)(F)F)c4)CC3(C)C)cc2)nn1. The molecule has 2 heterocycles. The minimum atomic E-state index is -4.64. The van der Waals surface area contributed by atoms with Crippen LogP contribution in [0.4, 0.5) is 18.9 Å². The van der Waals surface area contributed by atoms with E-state index in [4.69, 9.17) is 17.5 Å². The Morgan fingerprint density at radius 3 is 2.37 bits per heavy atom. The summed E-state index contributed by atoms with van der Waals surface area (Å²) in [7, 11) is 0. The quantitative estimate of drug-likeness (QED) is 0.409. The van der Waals surface area contributed by atoms with Crippen LogP contribution >= 0.6 is 12.2 Å². The largest absolute Gasteiger partial charge is 0.417 e. The Kier molecular flexibility index (Phi) is 7.25. The number of aliphatic hydroxyl groups is 1. The van der Waals surface area contributed by atoms with E-state index in [9.17, 15) is 18.3 Å². The second-order valence-electron chi connectivity index (χ2n) is 10.7. The summed E-state index contributed by atoms with van der Waals surface area (Å²) in [6.45, 7) is 8.37. The smallest absolute Gasteiger partial charge is 0.390 e. The Balaban J connectivity index is 1.50. The van der Waals surface area contributed by atoms with E-state index in [0.29, 0.717) is 36.7 Å². The Morgan fingerprint density at radius 1 is 1.11 bits per heavy atom. The van der Waals surface area contributed by atoms with Crippen molar-refractivity contribution in [2.75, 3.05) is 11.4 Å². The minimum Gasteiger partial charge on any atom is -0.390 e. The third-order valence-electron chi connectivity index (χ3n) is 6.55. The molecule has 1 aliphatic heterocycles. The van der Waals surface area contributed by atoms with Gasteiger partial charge in [-0.1, -0.05) is 17.3 Å². The molecule has 200 valence electrons. The minimum absolute atomic E-state index is 0.304. The fourth-order valence-electron chi connectivity index (χ4n) is 4.37. The molecule has 38 heavy (non-hydrogen) atoms. The average molecular weight is 543 g/mol. The van der Waals surface area contributed by atoms with E-state index in [-0.39, 0.29) is 0 Å². The van der Waals surface area contributed by atoms with Crippen LogP contribution in [0.15, 0.2) is 48.7 Å². The maximum Gasteiger partial charge on any atom is 0.417 e. The van der Waals surface area contributed by atoms with Gasteiger partial charge in [-0.05, 0) is 88.6 Å². The summed E-state index contributed by atoms with van der Waals surface area (Å²) < 4.78 is 42.3. The Bertz CT molecular complexity index is 1370. The predicted octanol–water partition coefficient (Wildman–Crippen LogP) is 5.25. The number of aryl methyl sites for hydroxylation is 1. The lowest BCUT2D eigenvalue weighted by Crippen LogP contribution is -2.41. The van der Waals surface area contributed by atoms with E-state index in [1.165, 1.54) is 12.1 Å². The highest BCUT2D eigenvalue weighted by Gasteiger charge is 2.42. The van der Waals surface area contributed by atoms with Crippen LogP contribution in [-0.2, 0) is 19.1 Å². The number of hydrogen-bond donors (Lipinski definition) is 1. The zero-order valence-electron chi connectivity index (χ0n) is 21.6. The number of nitrogens with zero attached hydrogens (tertiary/aromatic N) is 6. The van der Waals surface area contributed by atoms with Crippen molar-refractivity contribution in [1.82, 2.24) is 19.9 Å². The maximum atomic E-state index is 13.5. The molecule has 1 fully saturated rings. The van der Waals surface area contributed by atoms with Gasteiger partial charge in [0.25, 0.3) is 0 Å². The maximum absolute atomic E-state index is 13.5. The number of anilines is 1. The van der Waals surface area contributed by atoms with E-state index < -0.39 is 28.4 Å². The molecule has 4 rings (SSSR count). The fourth-order valence-corrected chi connectivity index (χ4v) is 4.85. The van der Waals surface area contributed by atoms with Crippen LogP contribution < -0.4 is 4.90 Å². The van der Waals surface area contributed by atoms with E-state index in [0.717, 1.165) is 23.0 Å². The van der Waals surface area contributed by atoms with Gasteiger partial charge in [0.05, 0.1) is 45.9 Å². The number of aromatic nitrogens is 3. The molecule has 1 aliphatic rings. The van der Waals surface area contributed by atoms with Gasteiger partial charge in [-0.25, -0.2) is 4.68 Å². The molecule has 0 unspecified atom stereocenters. The molecular formula is C27H29F3N6OS. The summed E-state index contributed by atoms with van der Waals surface area (Å²) in [4.78, 5) is 3.68. The van der Waals surface area contributed by atoms with Crippen molar-refractivity contribution >= 4 is 23.0 Å². The Hall–Kier alpha value is -3.49. The third-order valence-corrected chi connectivity index (χ3v) is 6.99. The van der Waals surface area contributed by atoms with Gasteiger partial charge >= 0.3 is 6.18 Å². The molecule has 3 aromatic rings. The normalized spacial score (nSPS) is 15.7. The van der Waals surface area contributed by atoms with E-state index in [2.05, 4.69) is 10.3 Å². The van der Waals surface area contributed by atoms with Gasteiger partial charge in [0.1, 0.15) is 0 Å². The highest BCUT2D eigenvalue weighted by molar-refractivity contribution is 7.80. The number of nitriles is 1. The molecular weight excluding hydrogens is 513 g/mol. The van der Waals surface area contributed by atoms with E-state index in [1.807, 2.05) is 49.2 Å².